The molecule has 0 fully saturated rings. The molecule has 0 saturated carbocycles. The molecule has 5 heteroatoms. The van der Waals surface area contributed by atoms with Crippen molar-refractivity contribution in [3.8, 4) is 0 Å². The smallest absolute Gasteiger partial charge is 0.330 e. The third kappa shape index (κ3) is 5.78. The number of esters is 1. The lowest BCUT2D eigenvalue weighted by Crippen LogP contribution is -2.21. The first-order valence-corrected chi connectivity index (χ1v) is 3.72. The Labute approximate surface area is 75.7 Å². The first kappa shape index (κ1) is 11.6. The summed E-state index contributed by atoms with van der Waals surface area (Å²) in [6.45, 7) is 3.09. The minimum atomic E-state index is -0.598. The highest BCUT2D eigenvalue weighted by Gasteiger charge is 2.10. The largest absolute Gasteiger partial charge is 0.457 e. The van der Waals surface area contributed by atoms with Crippen LogP contribution in [0.5, 0.6) is 0 Å². The molecule has 1 N–H and O–H groups in total. The molecule has 5 nitrogen and oxygen atoms in total. The summed E-state index contributed by atoms with van der Waals surface area (Å²) in [5, 5.41) is 8.56. The van der Waals surface area contributed by atoms with Crippen LogP contribution in [-0.4, -0.2) is 36.4 Å². The second-order valence-corrected chi connectivity index (χ2v) is 2.21. The molecule has 0 aromatic heterocycles. The van der Waals surface area contributed by atoms with E-state index < -0.39 is 12.1 Å². The molecule has 0 radical (unpaired) electrons. The van der Waals surface area contributed by atoms with Crippen LogP contribution < -0.4 is 0 Å². The molecular weight excluding hydrogens is 174 g/mol. The molecule has 0 aromatic rings. The molecule has 0 aromatic carbocycles. The Morgan fingerprint density at radius 1 is 1.77 bits per heavy atom. The fourth-order valence-corrected chi connectivity index (χ4v) is 0.683. The normalized spacial score (nSPS) is 11.2. The van der Waals surface area contributed by atoms with Crippen molar-refractivity contribution in [1.29, 1.82) is 0 Å². The quantitative estimate of drug-likeness (QED) is 0.269. The number of nitrogens with zero attached hydrogens (tertiary/aromatic N) is 1. The maximum Gasteiger partial charge on any atom is 0.330 e. The molecule has 0 rings (SSSR count). The molecule has 13 heavy (non-hydrogen) atoms. The number of aliphatic hydroxyl groups is 1. The van der Waals surface area contributed by atoms with Gasteiger partial charge in [-0.05, 0) is 0 Å². The Kier molecular flexibility index (Phi) is 6.41. The van der Waals surface area contributed by atoms with Gasteiger partial charge < -0.3 is 9.84 Å². The van der Waals surface area contributed by atoms with E-state index >= 15 is 0 Å². The number of hydrogen-bond donors (Lipinski definition) is 1. The SMILES string of the molecule is C=CC(=O)OC(CCO)CN=C=O. The van der Waals surface area contributed by atoms with Gasteiger partial charge in [-0.2, -0.15) is 0 Å². The Balaban J connectivity index is 3.99. The standard InChI is InChI=1S/C8H11NO4/c1-2-8(12)13-7(3-4-10)5-9-6-11/h2,7,10H,1,3-5H2. The second kappa shape index (κ2) is 7.21. The van der Waals surface area contributed by atoms with Crippen molar-refractivity contribution in [2.75, 3.05) is 13.2 Å². The number of aliphatic hydroxyl groups excluding tert-OH is 1. The van der Waals surface area contributed by atoms with Crippen LogP contribution in [0.3, 0.4) is 0 Å². The van der Waals surface area contributed by atoms with Crippen molar-refractivity contribution < 1.29 is 19.4 Å². The highest BCUT2D eigenvalue weighted by atomic mass is 16.5. The van der Waals surface area contributed by atoms with E-state index in [0.717, 1.165) is 6.08 Å². The highest BCUT2D eigenvalue weighted by Crippen LogP contribution is 1.99. The Hall–Kier alpha value is -1.45. The van der Waals surface area contributed by atoms with Crippen LogP contribution in [0.25, 0.3) is 0 Å². The van der Waals surface area contributed by atoms with Crippen molar-refractivity contribution in [1.82, 2.24) is 0 Å². The maximum atomic E-state index is 10.7. The summed E-state index contributed by atoms with van der Waals surface area (Å²) < 4.78 is 4.75. The average molecular weight is 185 g/mol. The minimum absolute atomic E-state index is 0.0175. The number of carbonyl (C=O) groups is 1. The van der Waals surface area contributed by atoms with Gasteiger partial charge in [-0.25, -0.2) is 14.6 Å². The van der Waals surface area contributed by atoms with Gasteiger partial charge in [0.25, 0.3) is 0 Å². The Bertz CT molecular complexity index is 220. The summed E-state index contributed by atoms with van der Waals surface area (Å²) in [4.78, 5) is 23.7. The van der Waals surface area contributed by atoms with Crippen LogP contribution in [0.4, 0.5) is 0 Å². The highest BCUT2D eigenvalue weighted by molar-refractivity contribution is 5.81. The molecule has 0 aliphatic rings. The van der Waals surface area contributed by atoms with Gasteiger partial charge >= 0.3 is 5.97 Å². The van der Waals surface area contributed by atoms with E-state index in [0.29, 0.717) is 0 Å². The van der Waals surface area contributed by atoms with Gasteiger partial charge in [0, 0.05) is 19.1 Å². The third-order valence-electron chi connectivity index (χ3n) is 1.26. The first-order valence-electron chi connectivity index (χ1n) is 3.72. The predicted molar refractivity (Wildman–Crippen MR) is 44.8 cm³/mol. The van der Waals surface area contributed by atoms with E-state index in [1.807, 2.05) is 0 Å². The first-order chi connectivity index (χ1) is 6.24. The summed E-state index contributed by atoms with van der Waals surface area (Å²) in [5.74, 6) is -0.598. The van der Waals surface area contributed by atoms with E-state index in [-0.39, 0.29) is 19.6 Å². The van der Waals surface area contributed by atoms with Crippen LogP contribution in [0, 0.1) is 0 Å². The monoisotopic (exact) mass is 185 g/mol. The van der Waals surface area contributed by atoms with Crippen LogP contribution in [0.2, 0.25) is 0 Å². The average Bonchev–Trinajstić information content (AvgIpc) is 2.14. The van der Waals surface area contributed by atoms with E-state index in [1.54, 1.807) is 0 Å². The molecule has 0 saturated heterocycles. The van der Waals surface area contributed by atoms with Crippen LogP contribution in [-0.2, 0) is 14.3 Å². The van der Waals surface area contributed by atoms with Crippen molar-refractivity contribution in [2.45, 2.75) is 12.5 Å². The maximum absolute atomic E-state index is 10.7. The van der Waals surface area contributed by atoms with Gasteiger partial charge in [0.2, 0.25) is 6.08 Å². The van der Waals surface area contributed by atoms with Crippen molar-refractivity contribution in [3.05, 3.63) is 12.7 Å². The summed E-state index contributed by atoms with van der Waals surface area (Å²) in [6, 6.07) is 0. The van der Waals surface area contributed by atoms with Crippen molar-refractivity contribution in [3.63, 3.8) is 0 Å². The zero-order valence-corrected chi connectivity index (χ0v) is 7.10. The number of rotatable bonds is 6. The molecule has 72 valence electrons. The minimum Gasteiger partial charge on any atom is -0.457 e. The summed E-state index contributed by atoms with van der Waals surface area (Å²) >= 11 is 0. The molecule has 0 bridgehead atoms. The van der Waals surface area contributed by atoms with E-state index in [1.165, 1.54) is 6.08 Å². The molecule has 0 amide bonds. The van der Waals surface area contributed by atoms with Gasteiger partial charge in [-0.3, -0.25) is 0 Å². The summed E-state index contributed by atoms with van der Waals surface area (Å²) in [6.07, 6.45) is 1.99. The van der Waals surface area contributed by atoms with E-state index in [2.05, 4.69) is 11.6 Å². The van der Waals surface area contributed by atoms with E-state index in [4.69, 9.17) is 9.84 Å². The number of isocyanates is 1. The molecule has 1 unspecified atom stereocenters. The van der Waals surface area contributed by atoms with Crippen molar-refractivity contribution in [2.24, 2.45) is 4.99 Å². The van der Waals surface area contributed by atoms with Gasteiger partial charge in [-0.15, -0.1) is 0 Å². The fourth-order valence-electron chi connectivity index (χ4n) is 0.683. The van der Waals surface area contributed by atoms with Gasteiger partial charge in [-0.1, -0.05) is 6.58 Å². The van der Waals surface area contributed by atoms with Gasteiger partial charge in [0.1, 0.15) is 6.10 Å². The predicted octanol–water partition coefficient (Wildman–Crippen LogP) is -0.198. The molecule has 0 spiro atoms. The topological polar surface area (TPSA) is 76.0 Å². The Morgan fingerprint density at radius 2 is 2.46 bits per heavy atom. The lowest BCUT2D eigenvalue weighted by Gasteiger charge is -2.12. The lowest BCUT2D eigenvalue weighted by atomic mass is 10.2. The van der Waals surface area contributed by atoms with Crippen LogP contribution in [0.15, 0.2) is 17.6 Å². The molecule has 0 heterocycles. The number of hydrogen-bond acceptors (Lipinski definition) is 5. The number of ether oxygens (including phenoxy) is 1. The molecule has 1 atom stereocenters. The van der Waals surface area contributed by atoms with Crippen molar-refractivity contribution >= 4 is 12.0 Å². The Morgan fingerprint density at radius 3 is 2.92 bits per heavy atom. The third-order valence-corrected chi connectivity index (χ3v) is 1.26. The zero-order chi connectivity index (χ0) is 10.1. The van der Waals surface area contributed by atoms with Gasteiger partial charge in [0.05, 0.1) is 6.54 Å². The number of carbonyl (C=O) groups excluding carboxylic acids is 2. The van der Waals surface area contributed by atoms with Crippen LogP contribution >= 0.6 is 0 Å². The fraction of sp³-hybridized carbons (Fsp3) is 0.500. The molecular formula is C8H11NO4. The van der Waals surface area contributed by atoms with E-state index in [9.17, 15) is 9.59 Å². The lowest BCUT2D eigenvalue weighted by molar-refractivity contribution is -0.143. The number of aliphatic imine (C=N–C) groups is 1. The molecule has 0 aliphatic carbocycles. The summed E-state index contributed by atoms with van der Waals surface area (Å²) in [7, 11) is 0. The summed E-state index contributed by atoms with van der Waals surface area (Å²) in [5.41, 5.74) is 0. The van der Waals surface area contributed by atoms with Gasteiger partial charge in [0.15, 0.2) is 0 Å². The zero-order valence-electron chi connectivity index (χ0n) is 7.10. The van der Waals surface area contributed by atoms with Crippen LogP contribution in [0.1, 0.15) is 6.42 Å². The second-order valence-electron chi connectivity index (χ2n) is 2.21. The molecule has 0 aliphatic heterocycles.